The summed E-state index contributed by atoms with van der Waals surface area (Å²) < 4.78 is 38.5. The molecule has 0 aliphatic carbocycles. The summed E-state index contributed by atoms with van der Waals surface area (Å²) in [6.07, 6.45) is -4.09. The Hall–Kier alpha value is -1.82. The highest BCUT2D eigenvalue weighted by molar-refractivity contribution is 5.95. The van der Waals surface area contributed by atoms with Gasteiger partial charge in [-0.2, -0.15) is 13.2 Å². The Morgan fingerprint density at radius 3 is 2.55 bits per heavy atom. The first-order valence-corrected chi connectivity index (χ1v) is 6.02. The second-order valence-corrected chi connectivity index (χ2v) is 4.46. The number of benzene rings is 1. The summed E-state index contributed by atoms with van der Waals surface area (Å²) in [6.45, 7) is 2.98. The van der Waals surface area contributed by atoms with E-state index < -0.39 is 23.8 Å². The topological polar surface area (TPSA) is 49.3 Å². The van der Waals surface area contributed by atoms with Crippen molar-refractivity contribution in [3.8, 4) is 0 Å². The third-order valence-corrected chi connectivity index (χ3v) is 2.58. The third-order valence-electron chi connectivity index (χ3n) is 2.58. The lowest BCUT2D eigenvalue weighted by molar-refractivity contribution is -0.137. The van der Waals surface area contributed by atoms with Gasteiger partial charge < -0.3 is 10.4 Å². The number of allylic oxidation sites excluding steroid dienone is 1. The van der Waals surface area contributed by atoms with Crippen LogP contribution in [0.2, 0.25) is 0 Å². The van der Waals surface area contributed by atoms with Crippen LogP contribution in [0.1, 0.15) is 25.0 Å². The molecule has 6 heteroatoms. The molecule has 0 heterocycles. The van der Waals surface area contributed by atoms with E-state index in [0.29, 0.717) is 0 Å². The zero-order valence-electron chi connectivity index (χ0n) is 11.2. The number of aliphatic hydroxyl groups is 1. The number of hydrogen-bond acceptors (Lipinski definition) is 2. The van der Waals surface area contributed by atoms with Crippen LogP contribution in [0.3, 0.4) is 0 Å². The molecule has 0 saturated heterocycles. The van der Waals surface area contributed by atoms with Crippen LogP contribution in [-0.2, 0) is 11.0 Å². The van der Waals surface area contributed by atoms with Crippen LogP contribution in [0.4, 0.5) is 13.2 Å². The van der Waals surface area contributed by atoms with Gasteiger partial charge in [0.2, 0.25) is 5.91 Å². The van der Waals surface area contributed by atoms with Crippen LogP contribution < -0.4 is 5.32 Å². The molecule has 1 aromatic carbocycles. The van der Waals surface area contributed by atoms with E-state index in [9.17, 15) is 18.0 Å². The van der Waals surface area contributed by atoms with Crippen LogP contribution in [0.15, 0.2) is 30.3 Å². The van der Waals surface area contributed by atoms with Gasteiger partial charge in [0.25, 0.3) is 0 Å². The normalized spacial score (nSPS) is 14.0. The largest absolute Gasteiger partial charge is 0.416 e. The molecule has 0 saturated carbocycles. The maximum absolute atomic E-state index is 12.8. The summed E-state index contributed by atoms with van der Waals surface area (Å²) in [7, 11) is 0. The van der Waals surface area contributed by atoms with Crippen molar-refractivity contribution in [2.24, 2.45) is 0 Å². The predicted octanol–water partition coefficient (Wildman–Crippen LogP) is 2.61. The van der Waals surface area contributed by atoms with Gasteiger partial charge in [-0.15, -0.1) is 0 Å². The van der Waals surface area contributed by atoms with Gasteiger partial charge in [0.1, 0.15) is 0 Å². The molecule has 1 aromatic rings. The number of halogens is 3. The highest BCUT2D eigenvalue weighted by atomic mass is 19.4. The average molecular weight is 287 g/mol. The smallest absolute Gasteiger partial charge is 0.392 e. The van der Waals surface area contributed by atoms with E-state index in [1.165, 1.54) is 32.0 Å². The van der Waals surface area contributed by atoms with Gasteiger partial charge in [-0.3, -0.25) is 4.79 Å². The van der Waals surface area contributed by atoms with Gasteiger partial charge in [-0.1, -0.05) is 18.2 Å². The fraction of sp³-hybridized carbons (Fsp3) is 0.357. The standard InChI is InChI=1S/C14H16F3NO2/c1-9(7-13(20)18-8-10(2)19)11-5-3-4-6-12(11)14(15,16)17/h3-7,10,19H,8H2,1-2H3,(H,18,20)/b9-7-. The maximum Gasteiger partial charge on any atom is 0.416 e. The van der Waals surface area contributed by atoms with Gasteiger partial charge in [0.05, 0.1) is 11.7 Å². The molecule has 1 atom stereocenters. The van der Waals surface area contributed by atoms with E-state index in [1.807, 2.05) is 0 Å². The van der Waals surface area contributed by atoms with Gasteiger partial charge in [0, 0.05) is 12.6 Å². The minimum atomic E-state index is -4.47. The van der Waals surface area contributed by atoms with Crippen LogP contribution in [0.5, 0.6) is 0 Å². The lowest BCUT2D eigenvalue weighted by atomic mass is 10.00. The fourth-order valence-electron chi connectivity index (χ4n) is 1.65. The monoisotopic (exact) mass is 287 g/mol. The van der Waals surface area contributed by atoms with Crippen LogP contribution in [0.25, 0.3) is 5.57 Å². The molecule has 20 heavy (non-hydrogen) atoms. The summed E-state index contributed by atoms with van der Waals surface area (Å²) >= 11 is 0. The first kappa shape index (κ1) is 16.2. The van der Waals surface area contributed by atoms with Crippen molar-refractivity contribution >= 4 is 11.5 Å². The Morgan fingerprint density at radius 1 is 1.40 bits per heavy atom. The number of alkyl halides is 3. The van der Waals surface area contributed by atoms with Gasteiger partial charge in [0.15, 0.2) is 0 Å². The first-order chi connectivity index (χ1) is 9.21. The van der Waals surface area contributed by atoms with Crippen molar-refractivity contribution in [1.29, 1.82) is 0 Å². The molecule has 2 N–H and O–H groups in total. The molecule has 1 amide bonds. The van der Waals surface area contributed by atoms with E-state index in [2.05, 4.69) is 5.32 Å². The fourth-order valence-corrected chi connectivity index (χ4v) is 1.65. The van der Waals surface area contributed by atoms with Gasteiger partial charge >= 0.3 is 6.18 Å². The molecule has 3 nitrogen and oxygen atoms in total. The second-order valence-electron chi connectivity index (χ2n) is 4.46. The number of hydrogen-bond donors (Lipinski definition) is 2. The summed E-state index contributed by atoms with van der Waals surface area (Å²) in [6, 6.07) is 5.07. The molecule has 0 aromatic heterocycles. The number of carbonyl (C=O) groups is 1. The molecule has 0 aliphatic heterocycles. The quantitative estimate of drug-likeness (QED) is 0.836. The third kappa shape index (κ3) is 4.70. The average Bonchev–Trinajstić information content (AvgIpc) is 2.35. The zero-order chi connectivity index (χ0) is 15.3. The highest BCUT2D eigenvalue weighted by Gasteiger charge is 2.33. The molecule has 0 bridgehead atoms. The van der Waals surface area contributed by atoms with Crippen molar-refractivity contribution in [2.75, 3.05) is 6.54 Å². The van der Waals surface area contributed by atoms with E-state index >= 15 is 0 Å². The van der Waals surface area contributed by atoms with Crippen molar-refractivity contribution in [2.45, 2.75) is 26.1 Å². The number of rotatable bonds is 4. The predicted molar refractivity (Wildman–Crippen MR) is 69.8 cm³/mol. The number of nitrogens with one attached hydrogen (secondary N) is 1. The number of carbonyl (C=O) groups excluding carboxylic acids is 1. The lowest BCUT2D eigenvalue weighted by Crippen LogP contribution is -2.29. The minimum absolute atomic E-state index is 0.0350. The highest BCUT2D eigenvalue weighted by Crippen LogP contribution is 2.34. The van der Waals surface area contributed by atoms with Crippen molar-refractivity contribution in [1.82, 2.24) is 5.32 Å². The first-order valence-electron chi connectivity index (χ1n) is 6.02. The summed E-state index contributed by atoms with van der Waals surface area (Å²) in [4.78, 5) is 11.5. The lowest BCUT2D eigenvalue weighted by Gasteiger charge is -2.13. The second kappa shape index (κ2) is 6.56. The van der Waals surface area contributed by atoms with Crippen molar-refractivity contribution < 1.29 is 23.1 Å². The zero-order valence-corrected chi connectivity index (χ0v) is 11.2. The number of amides is 1. The molecule has 1 rings (SSSR count). The molecular weight excluding hydrogens is 271 g/mol. The minimum Gasteiger partial charge on any atom is -0.392 e. The molecule has 0 radical (unpaired) electrons. The van der Waals surface area contributed by atoms with E-state index in [1.54, 1.807) is 0 Å². The molecule has 110 valence electrons. The summed E-state index contributed by atoms with van der Waals surface area (Å²) in [5, 5.41) is 11.4. The Balaban J connectivity index is 2.98. The Morgan fingerprint density at radius 2 is 2.00 bits per heavy atom. The van der Waals surface area contributed by atoms with Crippen LogP contribution in [0, 0.1) is 0 Å². The van der Waals surface area contributed by atoms with Crippen LogP contribution in [-0.4, -0.2) is 23.7 Å². The van der Waals surface area contributed by atoms with Crippen molar-refractivity contribution in [3.63, 3.8) is 0 Å². The molecule has 0 spiro atoms. The number of aliphatic hydroxyl groups excluding tert-OH is 1. The Kier molecular flexibility index (Phi) is 5.33. The van der Waals surface area contributed by atoms with Crippen LogP contribution >= 0.6 is 0 Å². The Labute approximate surface area is 115 Å². The molecule has 0 aliphatic rings. The van der Waals surface area contributed by atoms with Crippen molar-refractivity contribution in [3.05, 3.63) is 41.5 Å². The maximum atomic E-state index is 12.8. The SMILES string of the molecule is C/C(=C/C(=O)NCC(C)O)c1ccccc1C(F)(F)F. The summed E-state index contributed by atoms with van der Waals surface area (Å²) in [5.74, 6) is -0.541. The van der Waals surface area contributed by atoms with E-state index in [0.717, 1.165) is 12.1 Å². The summed E-state index contributed by atoms with van der Waals surface area (Å²) in [5.41, 5.74) is -0.606. The van der Waals surface area contributed by atoms with Gasteiger partial charge in [-0.05, 0) is 31.1 Å². The molecule has 0 fully saturated rings. The van der Waals surface area contributed by atoms with E-state index in [4.69, 9.17) is 5.11 Å². The van der Waals surface area contributed by atoms with E-state index in [-0.39, 0.29) is 17.7 Å². The molecular formula is C14H16F3NO2. The van der Waals surface area contributed by atoms with Gasteiger partial charge in [-0.25, -0.2) is 0 Å². The Bertz CT molecular complexity index is 507. The molecule has 1 unspecified atom stereocenters.